The van der Waals surface area contributed by atoms with Gasteiger partial charge in [0.05, 0.1) is 18.9 Å². The molecule has 2 saturated carbocycles. The molecule has 14 nitrogen and oxygen atoms in total. The molecule has 0 unspecified atom stereocenters. The molecule has 0 spiro atoms. The molecule has 3 heterocycles. The normalized spacial score (nSPS) is 29.2. The Hall–Kier alpha value is -4.61. The van der Waals surface area contributed by atoms with Gasteiger partial charge in [-0.25, -0.2) is 18.2 Å². The number of fused-ring (bicyclic) bond motifs is 3. The van der Waals surface area contributed by atoms with Gasteiger partial charge in [0, 0.05) is 29.3 Å². The van der Waals surface area contributed by atoms with E-state index in [0.29, 0.717) is 68.9 Å². The van der Waals surface area contributed by atoms with Crippen molar-refractivity contribution in [3.05, 3.63) is 42.6 Å². The third-order valence-electron chi connectivity index (χ3n) is 11.5. The van der Waals surface area contributed by atoms with Crippen LogP contribution < -0.4 is 24.8 Å². The van der Waals surface area contributed by atoms with Gasteiger partial charge in [-0.1, -0.05) is 38.5 Å². The molecule has 2 aliphatic carbocycles. The summed E-state index contributed by atoms with van der Waals surface area (Å²) in [4.78, 5) is 61.9. The molecule has 18 heteroatoms. The number of aromatic nitrogens is 1. The number of carbonyl (C=O) groups is 4. The molecule has 3 fully saturated rings. The summed E-state index contributed by atoms with van der Waals surface area (Å²) in [6.45, 7) is 4.95. The Kier molecular flexibility index (Phi) is 11.8. The van der Waals surface area contributed by atoms with Gasteiger partial charge in [-0.15, -0.1) is 0 Å². The van der Waals surface area contributed by atoms with Gasteiger partial charge < -0.3 is 29.7 Å². The first-order valence-electron chi connectivity index (χ1n) is 19.3. The predicted octanol–water partition coefficient (Wildman–Crippen LogP) is 4.91. The Morgan fingerprint density at radius 3 is 2.49 bits per heavy atom. The monoisotopic (exact) mass is 821 g/mol. The Bertz CT molecular complexity index is 2020. The minimum atomic E-state index is -4.91. The average Bonchev–Trinajstić information content (AvgIpc) is 4.07. The summed E-state index contributed by atoms with van der Waals surface area (Å²) in [6.07, 6.45) is 0.690. The fraction of sp³-hybridized carbons (Fsp3) is 0.615. The number of methoxy groups -OCH3 is 1. The van der Waals surface area contributed by atoms with Gasteiger partial charge in [0.2, 0.25) is 33.3 Å². The number of rotatable bonds is 9. The Balaban J connectivity index is 1.37. The van der Waals surface area contributed by atoms with E-state index in [1.807, 2.05) is 13.0 Å². The lowest BCUT2D eigenvalue weighted by Crippen LogP contribution is -2.59. The number of amides is 4. The summed E-state index contributed by atoms with van der Waals surface area (Å²) in [5.74, 6) is -2.81. The van der Waals surface area contributed by atoms with Crippen LogP contribution in [0.3, 0.4) is 0 Å². The van der Waals surface area contributed by atoms with Gasteiger partial charge in [-0.2, -0.15) is 13.2 Å². The number of hydrogen-bond donors (Lipinski definition) is 3. The Labute approximate surface area is 329 Å². The summed E-state index contributed by atoms with van der Waals surface area (Å²) < 4.78 is 85.9. The number of benzene rings is 1. The van der Waals surface area contributed by atoms with E-state index in [1.165, 1.54) is 18.2 Å². The van der Waals surface area contributed by atoms with Crippen LogP contribution in [0.2, 0.25) is 0 Å². The molecule has 2 aromatic rings. The molecule has 1 aromatic carbocycles. The minimum Gasteiger partial charge on any atom is -0.496 e. The zero-order valence-electron chi connectivity index (χ0n) is 32.6. The quantitative estimate of drug-likeness (QED) is 0.294. The van der Waals surface area contributed by atoms with Gasteiger partial charge in [0.15, 0.2) is 0 Å². The number of ether oxygens (including phenoxy) is 3. The molecule has 4 amide bonds. The van der Waals surface area contributed by atoms with Gasteiger partial charge in [-0.3, -0.25) is 19.1 Å². The van der Waals surface area contributed by atoms with Crippen molar-refractivity contribution in [3.63, 3.8) is 0 Å². The second-order valence-electron chi connectivity index (χ2n) is 16.1. The number of nitrogens with zero attached hydrogens (tertiary/aromatic N) is 2. The molecule has 7 atom stereocenters. The summed E-state index contributed by atoms with van der Waals surface area (Å²) in [6, 6.07) is 4.30. The molecular formula is C39H50F3N5O9S. The van der Waals surface area contributed by atoms with Crippen LogP contribution in [0, 0.1) is 17.8 Å². The van der Waals surface area contributed by atoms with Gasteiger partial charge in [0.1, 0.15) is 29.5 Å². The molecule has 6 rings (SSSR count). The highest BCUT2D eigenvalue weighted by Gasteiger charge is 2.62. The van der Waals surface area contributed by atoms with Crippen molar-refractivity contribution < 1.29 is 55.0 Å². The van der Waals surface area contributed by atoms with Crippen LogP contribution in [-0.2, 0) is 29.1 Å². The maximum Gasteiger partial charge on any atom is 0.427 e. The number of allylic oxidation sites excluding steroid dienone is 1. The van der Waals surface area contributed by atoms with Gasteiger partial charge >= 0.3 is 12.3 Å². The van der Waals surface area contributed by atoms with Gasteiger partial charge in [-0.05, 0) is 82.4 Å². The maximum absolute atomic E-state index is 14.8. The van der Waals surface area contributed by atoms with E-state index < -0.39 is 86.4 Å². The average molecular weight is 822 g/mol. The predicted molar refractivity (Wildman–Crippen MR) is 201 cm³/mol. The molecule has 0 radical (unpaired) electrons. The summed E-state index contributed by atoms with van der Waals surface area (Å²) in [5, 5.41) is 5.81. The van der Waals surface area contributed by atoms with Crippen molar-refractivity contribution in [1.29, 1.82) is 0 Å². The van der Waals surface area contributed by atoms with E-state index in [0.717, 1.165) is 0 Å². The van der Waals surface area contributed by atoms with Crippen molar-refractivity contribution in [3.8, 4) is 11.6 Å². The zero-order chi connectivity index (χ0) is 41.5. The first-order chi connectivity index (χ1) is 26.8. The smallest absolute Gasteiger partial charge is 0.427 e. The lowest BCUT2D eigenvalue weighted by Gasteiger charge is -2.35. The van der Waals surface area contributed by atoms with E-state index in [4.69, 9.17) is 14.2 Å². The summed E-state index contributed by atoms with van der Waals surface area (Å²) in [5.41, 5.74) is -4.51. The van der Waals surface area contributed by atoms with Crippen molar-refractivity contribution in [2.75, 3.05) is 13.7 Å². The molecule has 57 heavy (non-hydrogen) atoms. The van der Waals surface area contributed by atoms with Crippen molar-refractivity contribution in [1.82, 2.24) is 25.2 Å². The van der Waals surface area contributed by atoms with E-state index in [1.54, 1.807) is 37.3 Å². The summed E-state index contributed by atoms with van der Waals surface area (Å²) >= 11 is 0. The topological polar surface area (TPSA) is 182 Å². The van der Waals surface area contributed by atoms with Crippen LogP contribution in [0.1, 0.15) is 79.1 Å². The van der Waals surface area contributed by atoms with Crippen molar-refractivity contribution in [2.24, 2.45) is 17.8 Å². The molecule has 2 aliphatic heterocycles. The largest absolute Gasteiger partial charge is 0.496 e. The molecule has 312 valence electrons. The highest BCUT2D eigenvalue weighted by Crippen LogP contribution is 2.46. The third kappa shape index (κ3) is 8.94. The van der Waals surface area contributed by atoms with E-state index in [9.17, 15) is 40.8 Å². The van der Waals surface area contributed by atoms with Gasteiger partial charge in [0.25, 0.3) is 5.91 Å². The fourth-order valence-corrected chi connectivity index (χ4v) is 9.11. The minimum absolute atomic E-state index is 0.0277. The number of alkyl carbamates (subject to hydrolysis) is 1. The number of pyridine rings is 1. The van der Waals surface area contributed by atoms with Crippen LogP contribution in [0.5, 0.6) is 11.6 Å². The second-order valence-corrected chi connectivity index (χ2v) is 18.1. The highest BCUT2D eigenvalue weighted by atomic mass is 32.2. The summed E-state index contributed by atoms with van der Waals surface area (Å²) in [7, 11) is -2.46. The lowest BCUT2D eigenvalue weighted by atomic mass is 9.85. The van der Waals surface area contributed by atoms with Crippen LogP contribution in [0.15, 0.2) is 42.6 Å². The maximum atomic E-state index is 14.8. The van der Waals surface area contributed by atoms with Crippen LogP contribution in [-0.4, -0.2) is 96.5 Å². The SMILES string of the molecule is CC[C@@H]1C[C@@H](C)CC/C=C\[C@@H]2C[C@@]2(C(=O)NS(=O)(=O)C2CC2)NC(=O)[C@@H]2C[C@@H](Oc3nccc4c(OC)cccc34)CN2C(=O)[C@H]1NC(=O)OC(C)(C)C(F)(F)F. The molecule has 4 aliphatic rings. The Morgan fingerprint density at radius 2 is 1.82 bits per heavy atom. The number of sulfonamides is 1. The molecule has 0 bridgehead atoms. The number of nitrogens with one attached hydrogen (secondary N) is 3. The van der Waals surface area contributed by atoms with Crippen LogP contribution >= 0.6 is 0 Å². The standard InChI is InChI=1S/C39H50F3N5O9S/c1-6-23-18-22(2)10-7-8-11-24-20-38(24,35(50)46-57(52,53)26-14-15-26)45-32(48)29-19-25(55-33-28-12-9-13-30(54-5)27(28)16-17-43-33)21-47(29)34(49)31(23)44-36(51)56-37(3,4)39(40,41)42/h8-9,11-13,16-17,22-26,29,31H,6-7,10,14-15,18-21H2,1-5H3,(H,44,51)(H,45,48)(H,46,50)/b11-8-/t22-,23+,24+,25+,29-,31-,38+/m0/s1. The van der Waals surface area contributed by atoms with E-state index >= 15 is 0 Å². The first kappa shape index (κ1) is 42.0. The molecule has 1 aromatic heterocycles. The molecule has 3 N–H and O–H groups in total. The van der Waals surface area contributed by atoms with Crippen LogP contribution in [0.4, 0.5) is 18.0 Å². The van der Waals surface area contributed by atoms with Crippen molar-refractivity contribution >= 4 is 44.6 Å². The third-order valence-corrected chi connectivity index (χ3v) is 13.3. The van der Waals surface area contributed by atoms with E-state index in [2.05, 4.69) is 20.3 Å². The van der Waals surface area contributed by atoms with Crippen molar-refractivity contribution in [2.45, 2.75) is 120 Å². The van der Waals surface area contributed by atoms with E-state index in [-0.39, 0.29) is 31.2 Å². The number of hydrogen-bond acceptors (Lipinski definition) is 10. The molecular weight excluding hydrogens is 772 g/mol. The molecule has 1 saturated heterocycles. The fourth-order valence-electron chi connectivity index (χ4n) is 7.74. The number of carbonyl (C=O) groups excluding carboxylic acids is 4. The number of halogens is 3. The second kappa shape index (κ2) is 16.0. The lowest BCUT2D eigenvalue weighted by molar-refractivity contribution is -0.244. The highest BCUT2D eigenvalue weighted by molar-refractivity contribution is 7.91. The van der Waals surface area contributed by atoms with Crippen LogP contribution in [0.25, 0.3) is 10.8 Å². The number of alkyl halides is 3. The Morgan fingerprint density at radius 1 is 1.09 bits per heavy atom. The zero-order valence-corrected chi connectivity index (χ0v) is 33.4. The first-order valence-corrected chi connectivity index (χ1v) is 20.8.